The standard InChI is InChI=1S/C34H38N2O4/c1-38-25-11-10-22-18-26-31-12-15-34(39-2,24(19-31)29(37)35-32(13-14-32)23-6-4-3-5-7-23)30-33(31,27(22)28(25)40-30)16-17-36(26)20-21-8-9-21/h3-7,10-11,19,21,26,30H,8-9,12-18,20H2,1-2H3,(H,35,37)/t26-,30-,31-,33+,34-/m1/s1. The van der Waals surface area contributed by atoms with Crippen molar-refractivity contribution in [2.24, 2.45) is 11.3 Å². The average Bonchev–Trinajstić information content (AvgIpc) is 3.92. The third-order valence-electron chi connectivity index (χ3n) is 12.0. The molecule has 2 heterocycles. The van der Waals surface area contributed by atoms with Gasteiger partial charge in [0.05, 0.1) is 18.1 Å². The minimum atomic E-state index is -0.791. The van der Waals surface area contributed by atoms with E-state index in [1.165, 1.54) is 36.1 Å². The lowest BCUT2D eigenvalue weighted by Gasteiger charge is -2.70. The number of fused-ring (bicyclic) bond motifs is 1. The summed E-state index contributed by atoms with van der Waals surface area (Å²) in [7, 11) is 3.52. The lowest BCUT2D eigenvalue weighted by Crippen LogP contribution is -2.78. The predicted octanol–water partition coefficient (Wildman–Crippen LogP) is 4.65. The van der Waals surface area contributed by atoms with E-state index in [1.54, 1.807) is 14.2 Å². The highest BCUT2D eigenvalue weighted by Gasteiger charge is 2.79. The Labute approximate surface area is 236 Å². The van der Waals surface area contributed by atoms with Crippen molar-refractivity contribution in [2.75, 3.05) is 27.3 Å². The van der Waals surface area contributed by atoms with Gasteiger partial charge >= 0.3 is 0 Å². The summed E-state index contributed by atoms with van der Waals surface area (Å²) in [6.07, 6.45) is 10.6. The first-order chi connectivity index (χ1) is 19.5. The number of hydrogen-bond acceptors (Lipinski definition) is 5. The van der Waals surface area contributed by atoms with E-state index in [0.29, 0.717) is 6.04 Å². The summed E-state index contributed by atoms with van der Waals surface area (Å²) in [6, 6.07) is 15.2. The number of hydrogen-bond donors (Lipinski definition) is 1. The first-order valence-electron chi connectivity index (χ1n) is 15.3. The van der Waals surface area contributed by atoms with E-state index >= 15 is 0 Å². The zero-order valence-corrected chi connectivity index (χ0v) is 23.5. The van der Waals surface area contributed by atoms with E-state index < -0.39 is 5.60 Å². The van der Waals surface area contributed by atoms with Crippen molar-refractivity contribution < 1.29 is 19.0 Å². The van der Waals surface area contributed by atoms with E-state index in [1.807, 2.05) is 6.07 Å². The SMILES string of the molecule is COc1ccc2c3c1O[C@@H]1[C@]34CCN(CC3CC3)[C@H](C2)[C@@]42C=C(C(=O)NC3(c4ccccc4)CC3)[C@]1(OC)CC2. The molecule has 0 radical (unpaired) electrons. The second kappa shape index (κ2) is 7.71. The summed E-state index contributed by atoms with van der Waals surface area (Å²) < 4.78 is 19.5. The number of ether oxygens (including phenoxy) is 3. The fraction of sp³-hybridized carbons (Fsp3) is 0.559. The maximum atomic E-state index is 14.5. The summed E-state index contributed by atoms with van der Waals surface area (Å²) in [5, 5.41) is 3.51. The van der Waals surface area contributed by atoms with Crippen molar-refractivity contribution in [3.8, 4) is 11.5 Å². The molecule has 0 unspecified atom stereocenters. The van der Waals surface area contributed by atoms with Crippen LogP contribution in [0.3, 0.4) is 0 Å². The number of nitrogens with one attached hydrogen (secondary N) is 1. The molecule has 10 rings (SSSR count). The van der Waals surface area contributed by atoms with E-state index in [-0.39, 0.29) is 28.4 Å². The van der Waals surface area contributed by atoms with Gasteiger partial charge in [0.2, 0.25) is 0 Å². The summed E-state index contributed by atoms with van der Waals surface area (Å²) in [4.78, 5) is 17.3. The predicted molar refractivity (Wildman–Crippen MR) is 150 cm³/mol. The topological polar surface area (TPSA) is 60.0 Å². The Hall–Kier alpha value is -2.83. The first-order valence-corrected chi connectivity index (χ1v) is 15.3. The van der Waals surface area contributed by atoms with Crippen molar-refractivity contribution in [3.05, 3.63) is 70.8 Å². The van der Waals surface area contributed by atoms with Gasteiger partial charge < -0.3 is 19.5 Å². The second-order valence-electron chi connectivity index (χ2n) is 13.6. The maximum absolute atomic E-state index is 14.5. The number of amides is 1. The van der Waals surface area contributed by atoms with Gasteiger partial charge in [-0.05, 0) is 81.0 Å². The van der Waals surface area contributed by atoms with Crippen LogP contribution in [0.1, 0.15) is 61.6 Å². The zero-order chi connectivity index (χ0) is 26.9. The van der Waals surface area contributed by atoms with Crippen LogP contribution in [0.4, 0.5) is 0 Å². The number of carbonyl (C=O) groups excluding carboxylic acids is 1. The lowest BCUT2D eigenvalue weighted by atomic mass is 9.37. The molecular formula is C34H38N2O4. The Morgan fingerprint density at radius 3 is 2.60 bits per heavy atom. The first kappa shape index (κ1) is 23.8. The van der Waals surface area contributed by atoms with Crippen molar-refractivity contribution in [1.29, 1.82) is 0 Å². The highest BCUT2D eigenvalue weighted by atomic mass is 16.6. The molecule has 1 amide bonds. The molecular weight excluding hydrogens is 500 g/mol. The van der Waals surface area contributed by atoms with Gasteiger partial charge in [0.1, 0.15) is 11.7 Å². The Morgan fingerprint density at radius 1 is 1.05 bits per heavy atom. The largest absolute Gasteiger partial charge is 0.493 e. The normalized spacial score (nSPS) is 37.3. The number of piperidine rings is 1. The minimum Gasteiger partial charge on any atom is -0.493 e. The summed E-state index contributed by atoms with van der Waals surface area (Å²) in [5.41, 5.74) is 3.28. The van der Waals surface area contributed by atoms with Gasteiger partial charge in [0.25, 0.3) is 5.91 Å². The highest BCUT2D eigenvalue weighted by molar-refractivity contribution is 5.98. The van der Waals surface area contributed by atoms with Crippen molar-refractivity contribution in [3.63, 3.8) is 0 Å². The number of methoxy groups -OCH3 is 2. The van der Waals surface area contributed by atoms with Crippen molar-refractivity contribution in [1.82, 2.24) is 10.2 Å². The second-order valence-corrected chi connectivity index (χ2v) is 13.6. The highest BCUT2D eigenvalue weighted by Crippen LogP contribution is 2.75. The molecule has 2 aliphatic heterocycles. The molecule has 1 N–H and O–H groups in total. The zero-order valence-electron chi connectivity index (χ0n) is 23.5. The molecule has 2 spiro atoms. The third kappa shape index (κ3) is 2.71. The number of nitrogens with zero attached hydrogens (tertiary/aromatic N) is 1. The number of carbonyl (C=O) groups is 1. The molecule has 6 heteroatoms. The van der Waals surface area contributed by atoms with Crippen LogP contribution < -0.4 is 14.8 Å². The summed E-state index contributed by atoms with van der Waals surface area (Å²) >= 11 is 0. The van der Waals surface area contributed by atoms with Crippen LogP contribution in [-0.2, 0) is 26.9 Å². The van der Waals surface area contributed by atoms with E-state index in [2.05, 4.69) is 52.7 Å². The Kier molecular flexibility index (Phi) is 4.59. The molecule has 2 aromatic carbocycles. The van der Waals surface area contributed by atoms with Gasteiger partial charge in [0, 0.05) is 36.2 Å². The monoisotopic (exact) mass is 538 g/mol. The van der Waals surface area contributed by atoms with Crippen LogP contribution >= 0.6 is 0 Å². The molecule has 0 aromatic heterocycles. The average molecular weight is 539 g/mol. The van der Waals surface area contributed by atoms with Crippen LogP contribution in [0.5, 0.6) is 11.5 Å². The molecule has 6 nitrogen and oxygen atoms in total. The molecule has 208 valence electrons. The molecule has 5 atom stereocenters. The molecule has 4 fully saturated rings. The number of rotatable bonds is 7. The van der Waals surface area contributed by atoms with Gasteiger partial charge in [-0.2, -0.15) is 0 Å². The fourth-order valence-corrected chi connectivity index (χ4v) is 9.91. The van der Waals surface area contributed by atoms with Crippen LogP contribution in [0.15, 0.2) is 54.1 Å². The van der Waals surface area contributed by atoms with Crippen molar-refractivity contribution in [2.45, 2.75) is 80.1 Å². The van der Waals surface area contributed by atoms with Gasteiger partial charge in [-0.1, -0.05) is 42.5 Å². The van der Waals surface area contributed by atoms with Gasteiger partial charge in [-0.25, -0.2) is 0 Å². The smallest absolute Gasteiger partial charge is 0.250 e. The molecule has 4 bridgehead atoms. The number of likely N-dealkylation sites (tertiary alicyclic amines) is 1. The van der Waals surface area contributed by atoms with E-state index in [4.69, 9.17) is 14.2 Å². The Bertz CT molecular complexity index is 1460. The van der Waals surface area contributed by atoms with E-state index in [0.717, 1.165) is 68.1 Å². The summed E-state index contributed by atoms with van der Waals surface area (Å²) in [5.74, 6) is 2.53. The van der Waals surface area contributed by atoms with Crippen LogP contribution in [0.25, 0.3) is 0 Å². The minimum absolute atomic E-state index is 0.0151. The molecule has 2 aromatic rings. The Morgan fingerprint density at radius 2 is 1.88 bits per heavy atom. The van der Waals surface area contributed by atoms with E-state index in [9.17, 15) is 4.79 Å². The number of benzene rings is 2. The van der Waals surface area contributed by atoms with Crippen LogP contribution in [0.2, 0.25) is 0 Å². The molecule has 1 saturated heterocycles. The van der Waals surface area contributed by atoms with Gasteiger partial charge in [-0.3, -0.25) is 9.69 Å². The molecule has 40 heavy (non-hydrogen) atoms. The molecule has 6 aliphatic carbocycles. The maximum Gasteiger partial charge on any atom is 0.250 e. The van der Waals surface area contributed by atoms with Gasteiger partial charge in [0.15, 0.2) is 11.5 Å². The Balaban J connectivity index is 1.22. The fourth-order valence-electron chi connectivity index (χ4n) is 9.91. The van der Waals surface area contributed by atoms with Gasteiger partial charge in [-0.15, -0.1) is 0 Å². The molecule has 8 aliphatic rings. The van der Waals surface area contributed by atoms with Crippen LogP contribution in [-0.4, -0.2) is 55.9 Å². The quantitative estimate of drug-likeness (QED) is 0.557. The lowest BCUT2D eigenvalue weighted by molar-refractivity contribution is -0.197. The summed E-state index contributed by atoms with van der Waals surface area (Å²) in [6.45, 7) is 2.25. The van der Waals surface area contributed by atoms with Crippen LogP contribution in [0, 0.1) is 11.3 Å². The third-order valence-corrected chi connectivity index (χ3v) is 12.0. The van der Waals surface area contributed by atoms with Crippen molar-refractivity contribution >= 4 is 5.91 Å². The molecule has 3 saturated carbocycles.